The Labute approximate surface area is 499 Å². The normalized spacial score (nSPS) is 16.8. The first-order valence-electron chi connectivity index (χ1n) is 27.5. The summed E-state index contributed by atoms with van der Waals surface area (Å²) >= 11 is 2.26. The highest BCUT2D eigenvalue weighted by molar-refractivity contribution is 8.18. The zero-order chi connectivity index (χ0) is 60.6. The third kappa shape index (κ3) is 16.6. The number of amides is 4. The lowest BCUT2D eigenvalue weighted by Gasteiger charge is -2.36. The van der Waals surface area contributed by atoms with Crippen LogP contribution in [-0.2, 0) is 57.3 Å². The molecular formula is C61H67F3N6O13S2. The van der Waals surface area contributed by atoms with Crippen molar-refractivity contribution in [2.45, 2.75) is 64.6 Å². The fourth-order valence-corrected chi connectivity index (χ4v) is 11.5. The average molecular weight is 1210 g/mol. The zero-order valence-corrected chi connectivity index (χ0v) is 49.2. The third-order valence-electron chi connectivity index (χ3n) is 14.0. The first-order chi connectivity index (χ1) is 40.9. The van der Waals surface area contributed by atoms with Crippen LogP contribution in [0.3, 0.4) is 0 Å². The van der Waals surface area contributed by atoms with E-state index in [1.165, 1.54) is 53.7 Å². The van der Waals surface area contributed by atoms with Crippen molar-refractivity contribution in [3.8, 4) is 33.4 Å². The van der Waals surface area contributed by atoms with Gasteiger partial charge in [0.05, 0.1) is 119 Å². The maximum Gasteiger partial charge on any atom is 0.418 e. The lowest BCUT2D eigenvalue weighted by atomic mass is 10.00. The number of carbonyl (C=O) groups excluding carboxylic acids is 4. The number of fused-ring (bicyclic) bond motifs is 1. The maximum atomic E-state index is 14.4. The van der Waals surface area contributed by atoms with Crippen molar-refractivity contribution in [1.29, 1.82) is 0 Å². The van der Waals surface area contributed by atoms with Crippen LogP contribution in [0, 0.1) is 19.4 Å². The van der Waals surface area contributed by atoms with Gasteiger partial charge in [-0.25, -0.2) is 9.83 Å². The smallest absolute Gasteiger partial charge is 0.418 e. The van der Waals surface area contributed by atoms with Gasteiger partial charge in [-0.15, -0.1) is 11.3 Å². The number of hydrogen-bond donors (Lipinski definition) is 2. The van der Waals surface area contributed by atoms with Gasteiger partial charge in [-0.2, -0.15) is 13.2 Å². The van der Waals surface area contributed by atoms with Gasteiger partial charge in [0, 0.05) is 42.9 Å². The largest absolute Gasteiger partial charge is 0.493 e. The molecule has 0 saturated carbocycles. The summed E-state index contributed by atoms with van der Waals surface area (Å²) in [5.41, 5.74) is 6.29. The fraction of sp³-hybridized carbons (Fsp3) is 0.410. The number of ether oxygens (including phenoxy) is 8. The molecule has 19 nitrogen and oxygen atoms in total. The van der Waals surface area contributed by atoms with Gasteiger partial charge in [0.15, 0.2) is 17.2 Å². The Morgan fingerprint density at radius 3 is 2.18 bits per heavy atom. The van der Waals surface area contributed by atoms with E-state index >= 15 is 0 Å². The fourth-order valence-electron chi connectivity index (χ4n) is 9.82. The second-order valence-electron chi connectivity index (χ2n) is 20.2. The summed E-state index contributed by atoms with van der Waals surface area (Å²) in [6.07, 6.45) is -4.03. The number of aliphatic hydroxyl groups is 1. The number of aromatic nitrogens is 1. The number of thiazole rings is 1. The molecule has 452 valence electrons. The number of β-amino-alcohol motifs (C(OH)–C–C–N with tert-alkyl or cyclic N) is 1. The van der Waals surface area contributed by atoms with E-state index in [0.29, 0.717) is 63.6 Å². The van der Waals surface area contributed by atoms with E-state index in [2.05, 4.69) is 21.7 Å². The van der Waals surface area contributed by atoms with Crippen LogP contribution in [0.1, 0.15) is 53.8 Å². The SMILES string of the molecule is [C-]#[N+]c1ccc(Oc2ccc(/C=C3\SC(=O)N(CCOCCOCCOCCOCCOCCOc4cc(-c5scnc5C)ccc4CNC(=O)[C@@H]4C[C@@H](O)CN4C(=O)[C@H](C(C)C)N4Cc5ccccc5C4=C)C3=O)cc2OC)c(C(F)(F)F)c1. The highest BCUT2D eigenvalue weighted by Gasteiger charge is 2.45. The van der Waals surface area contributed by atoms with E-state index in [9.17, 15) is 37.5 Å². The number of likely N-dealkylation sites (tertiary alicyclic amines) is 1. The second kappa shape index (κ2) is 30.1. The van der Waals surface area contributed by atoms with Crippen molar-refractivity contribution in [3.05, 3.63) is 141 Å². The van der Waals surface area contributed by atoms with Gasteiger partial charge in [0.25, 0.3) is 11.1 Å². The van der Waals surface area contributed by atoms with Crippen molar-refractivity contribution >= 4 is 63.5 Å². The van der Waals surface area contributed by atoms with E-state index in [4.69, 9.17) is 44.5 Å². The highest BCUT2D eigenvalue weighted by Crippen LogP contribution is 2.43. The van der Waals surface area contributed by atoms with Crippen LogP contribution in [0.25, 0.3) is 27.1 Å². The van der Waals surface area contributed by atoms with Gasteiger partial charge < -0.3 is 58.1 Å². The molecule has 4 aromatic carbocycles. The summed E-state index contributed by atoms with van der Waals surface area (Å²) < 4.78 is 86.5. The third-order valence-corrected chi connectivity index (χ3v) is 15.9. The van der Waals surface area contributed by atoms with Crippen LogP contribution >= 0.6 is 23.1 Å². The molecule has 1 aromatic heterocycles. The number of nitrogens with one attached hydrogen (secondary N) is 1. The number of halogens is 3. The van der Waals surface area contributed by atoms with Crippen LogP contribution < -0.4 is 19.5 Å². The molecule has 4 amide bonds. The summed E-state index contributed by atoms with van der Waals surface area (Å²) in [6.45, 7) is 21.0. The maximum absolute atomic E-state index is 14.4. The standard InChI is InChI=1S/C61H67F3N6O13S2/c1-38(2)55(69-35-44-9-7-8-10-47(44)40(69)4)59(74)70-36-46(71)33-49(70)57(72)66-34-43-13-12-42(56-39(3)67-37-84-56)31-52(43)82-28-27-81-26-25-80-24-23-79-22-21-78-20-19-77-18-17-68-58(73)54(85-60(68)75)30-41-11-15-51(53(29-41)76-6)83-50-16-14-45(65-5)32-48(50)61(62,63)64/h7-16,29-32,37-38,46,49,55,71H,4,17-28,33-36H2,1-3,6H3,(H,66,72)/b54-30-/t46-,49+,55+/m1/s1. The number of hydrogen-bond acceptors (Lipinski definition) is 17. The summed E-state index contributed by atoms with van der Waals surface area (Å²) in [7, 11) is 1.31. The summed E-state index contributed by atoms with van der Waals surface area (Å²) in [5.74, 6) is -1.12. The molecule has 3 aliphatic heterocycles. The number of benzene rings is 4. The first-order valence-corrected chi connectivity index (χ1v) is 29.2. The Hall–Kier alpha value is -7.34. The van der Waals surface area contributed by atoms with Crippen molar-refractivity contribution < 1.29 is 75.4 Å². The van der Waals surface area contributed by atoms with Gasteiger partial charge in [0.2, 0.25) is 11.8 Å². The van der Waals surface area contributed by atoms with Gasteiger partial charge in [-0.1, -0.05) is 69.0 Å². The summed E-state index contributed by atoms with van der Waals surface area (Å²) in [5, 5.41) is 13.3. The van der Waals surface area contributed by atoms with E-state index in [1.807, 2.05) is 68.1 Å². The molecule has 0 radical (unpaired) electrons. The number of rotatable bonds is 30. The number of alkyl halides is 3. The van der Waals surface area contributed by atoms with E-state index in [1.54, 1.807) is 5.51 Å². The number of thioether (sulfide) groups is 1. The van der Waals surface area contributed by atoms with E-state index in [0.717, 1.165) is 61.3 Å². The minimum Gasteiger partial charge on any atom is -0.493 e. The number of aryl methyl sites for hydroxylation is 1. The van der Waals surface area contributed by atoms with E-state index < -0.39 is 46.8 Å². The minimum absolute atomic E-state index is 0.00737. The van der Waals surface area contributed by atoms with Gasteiger partial charge in [-0.3, -0.25) is 24.1 Å². The van der Waals surface area contributed by atoms with Crippen LogP contribution in [0.4, 0.5) is 23.7 Å². The van der Waals surface area contributed by atoms with Crippen LogP contribution in [0.15, 0.2) is 95.9 Å². The summed E-state index contributed by atoms with van der Waals surface area (Å²) in [4.78, 5) is 67.3. The number of aliphatic hydroxyl groups excluding tert-OH is 1. The molecule has 0 aliphatic carbocycles. The van der Waals surface area contributed by atoms with Crippen LogP contribution in [0.2, 0.25) is 0 Å². The number of imide groups is 1. The minimum atomic E-state index is -4.78. The van der Waals surface area contributed by atoms with Gasteiger partial charge in [0.1, 0.15) is 30.2 Å². The molecule has 8 rings (SSSR count). The Morgan fingerprint density at radius 2 is 1.54 bits per heavy atom. The van der Waals surface area contributed by atoms with Crippen LogP contribution in [0.5, 0.6) is 23.0 Å². The lowest BCUT2D eigenvalue weighted by Crippen LogP contribution is -2.54. The van der Waals surface area contributed by atoms with Crippen molar-refractivity contribution in [2.75, 3.05) is 92.9 Å². The molecule has 2 fully saturated rings. The molecule has 24 heteroatoms. The predicted molar refractivity (Wildman–Crippen MR) is 313 cm³/mol. The molecule has 0 unspecified atom stereocenters. The lowest BCUT2D eigenvalue weighted by molar-refractivity contribution is -0.143. The zero-order valence-electron chi connectivity index (χ0n) is 47.5. The molecule has 0 bridgehead atoms. The Kier molecular flexibility index (Phi) is 22.6. The molecule has 85 heavy (non-hydrogen) atoms. The average Bonchev–Trinajstić information content (AvgIpc) is 2.79. The second-order valence-corrected chi connectivity index (χ2v) is 22.0. The topological polar surface area (TPSA) is 201 Å². The van der Waals surface area contributed by atoms with Crippen LogP contribution in [-0.4, -0.2) is 159 Å². The summed E-state index contributed by atoms with van der Waals surface area (Å²) in [6, 6.07) is 19.6. The number of methoxy groups -OCH3 is 1. The molecule has 3 aliphatic rings. The Balaban J connectivity index is 0.684. The molecule has 2 N–H and O–H groups in total. The quantitative estimate of drug-likeness (QED) is 0.0250. The first kappa shape index (κ1) is 63.7. The molecule has 0 spiro atoms. The predicted octanol–water partition coefficient (Wildman–Crippen LogP) is 9.78. The molecule has 3 atom stereocenters. The highest BCUT2D eigenvalue weighted by atomic mass is 32.2. The van der Waals surface area contributed by atoms with Gasteiger partial charge in [-0.05, 0) is 77.7 Å². The molecular weight excluding hydrogens is 1150 g/mol. The van der Waals surface area contributed by atoms with Gasteiger partial charge >= 0.3 is 6.18 Å². The molecule has 4 heterocycles. The van der Waals surface area contributed by atoms with Crippen molar-refractivity contribution in [3.63, 3.8) is 0 Å². The number of nitrogens with zero attached hydrogens (tertiary/aromatic N) is 5. The number of carbonyl (C=O) groups is 4. The Bertz CT molecular complexity index is 3260. The molecule has 5 aromatic rings. The Morgan fingerprint density at radius 1 is 0.871 bits per heavy atom. The van der Waals surface area contributed by atoms with Crippen molar-refractivity contribution in [2.24, 2.45) is 5.92 Å². The van der Waals surface area contributed by atoms with Crippen molar-refractivity contribution in [1.82, 2.24) is 25.0 Å². The monoisotopic (exact) mass is 1210 g/mol. The molecule has 2 saturated heterocycles. The van der Waals surface area contributed by atoms with E-state index in [-0.39, 0.29) is 98.9 Å².